The summed E-state index contributed by atoms with van der Waals surface area (Å²) in [4.78, 5) is 44.6. The molecular formula is C27H32N4O5S. The lowest BCUT2D eigenvalue weighted by Crippen LogP contribution is -2.48. The number of hydrogen-bond acceptors (Lipinski definition) is 8. The fourth-order valence-electron chi connectivity index (χ4n) is 4.77. The van der Waals surface area contributed by atoms with Gasteiger partial charge in [0.15, 0.2) is 0 Å². The smallest absolute Gasteiger partial charge is 0.243 e. The van der Waals surface area contributed by atoms with E-state index >= 15 is 0 Å². The Kier molecular flexibility index (Phi) is 8.19. The molecule has 2 N–H and O–H groups in total. The first-order chi connectivity index (χ1) is 17.7. The van der Waals surface area contributed by atoms with Crippen molar-refractivity contribution in [2.45, 2.75) is 64.6 Å². The van der Waals surface area contributed by atoms with E-state index in [0.717, 1.165) is 28.0 Å². The predicted molar refractivity (Wildman–Crippen MR) is 139 cm³/mol. The molecule has 0 radical (unpaired) electrons. The Morgan fingerprint density at radius 3 is 2.62 bits per heavy atom. The van der Waals surface area contributed by atoms with Crippen molar-refractivity contribution < 1.29 is 24.0 Å². The topological polar surface area (TPSA) is 126 Å². The number of carbonyl (C=O) groups excluding carboxylic acids is 3. The highest BCUT2D eigenvalue weighted by atomic mass is 32.1. The van der Waals surface area contributed by atoms with E-state index in [2.05, 4.69) is 15.5 Å². The molecule has 1 fully saturated rings. The summed E-state index contributed by atoms with van der Waals surface area (Å²) in [5, 5.41) is 17.3. The van der Waals surface area contributed by atoms with Gasteiger partial charge in [-0.2, -0.15) is 0 Å². The van der Waals surface area contributed by atoms with Gasteiger partial charge < -0.3 is 24.6 Å². The molecule has 9 nitrogen and oxygen atoms in total. The van der Waals surface area contributed by atoms with Crippen LogP contribution in [0.1, 0.15) is 61.9 Å². The van der Waals surface area contributed by atoms with Crippen LogP contribution in [0.4, 0.5) is 0 Å². The molecular weight excluding hydrogens is 492 g/mol. The first-order valence-corrected chi connectivity index (χ1v) is 13.3. The lowest BCUT2D eigenvalue weighted by atomic mass is 9.91. The molecule has 1 aromatic carbocycles. The van der Waals surface area contributed by atoms with Crippen LogP contribution in [0.2, 0.25) is 0 Å². The van der Waals surface area contributed by atoms with E-state index in [4.69, 9.17) is 4.52 Å². The molecule has 3 heterocycles. The number of aliphatic hydroxyl groups excluding tert-OH is 1. The van der Waals surface area contributed by atoms with E-state index < -0.39 is 18.1 Å². The molecule has 2 aromatic heterocycles. The van der Waals surface area contributed by atoms with Crippen molar-refractivity contribution in [3.8, 4) is 10.4 Å². The minimum absolute atomic E-state index is 0.0623. The molecule has 0 unspecified atom stereocenters. The Bertz CT molecular complexity index is 1250. The lowest BCUT2D eigenvalue weighted by Gasteiger charge is -2.29. The summed E-state index contributed by atoms with van der Waals surface area (Å²) in [6.07, 6.45) is 0.176. The number of aromatic nitrogens is 2. The third-order valence-corrected chi connectivity index (χ3v) is 7.73. The average molecular weight is 525 g/mol. The highest BCUT2D eigenvalue weighted by Crippen LogP contribution is 2.32. The fourth-order valence-corrected chi connectivity index (χ4v) is 5.58. The Morgan fingerprint density at radius 1 is 1.27 bits per heavy atom. The van der Waals surface area contributed by atoms with Crippen LogP contribution in [0.3, 0.4) is 0 Å². The first-order valence-electron chi connectivity index (χ1n) is 12.4. The zero-order valence-corrected chi connectivity index (χ0v) is 22.2. The number of β-amino-alcohol motifs (C(OH)–C–C–N with tert-alkyl or cyclic N) is 1. The Hall–Kier alpha value is -3.37. The zero-order valence-electron chi connectivity index (χ0n) is 21.4. The zero-order chi connectivity index (χ0) is 26.7. The Labute approximate surface area is 219 Å². The van der Waals surface area contributed by atoms with E-state index in [9.17, 15) is 19.5 Å². The molecule has 37 heavy (non-hydrogen) atoms. The third kappa shape index (κ3) is 5.80. The van der Waals surface area contributed by atoms with Crippen LogP contribution < -0.4 is 5.32 Å². The summed E-state index contributed by atoms with van der Waals surface area (Å²) < 4.78 is 5.39. The van der Waals surface area contributed by atoms with Gasteiger partial charge in [-0.3, -0.25) is 9.59 Å². The van der Waals surface area contributed by atoms with E-state index in [-0.39, 0.29) is 43.2 Å². The molecule has 10 heteroatoms. The number of carbonyl (C=O) groups is 3. The highest BCUT2D eigenvalue weighted by Gasteiger charge is 2.43. The van der Waals surface area contributed by atoms with Crippen molar-refractivity contribution >= 4 is 29.4 Å². The summed E-state index contributed by atoms with van der Waals surface area (Å²) in [5.41, 5.74) is 5.25. The normalized spacial score (nSPS) is 19.1. The molecule has 1 saturated heterocycles. The minimum Gasteiger partial charge on any atom is -0.391 e. The van der Waals surface area contributed by atoms with E-state index in [1.165, 1.54) is 4.90 Å². The average Bonchev–Trinajstić information content (AvgIpc) is 3.59. The van der Waals surface area contributed by atoms with E-state index in [1.54, 1.807) is 17.4 Å². The van der Waals surface area contributed by atoms with Crippen LogP contribution in [-0.2, 0) is 20.8 Å². The molecule has 3 aromatic rings. The van der Waals surface area contributed by atoms with E-state index in [0.29, 0.717) is 11.5 Å². The van der Waals surface area contributed by atoms with Crippen LogP contribution in [0.15, 0.2) is 40.4 Å². The second-order valence-corrected chi connectivity index (χ2v) is 10.7. The van der Waals surface area contributed by atoms with Gasteiger partial charge in [0, 0.05) is 25.5 Å². The predicted octanol–water partition coefficient (Wildman–Crippen LogP) is 3.43. The molecule has 1 aliphatic heterocycles. The molecule has 196 valence electrons. The first kappa shape index (κ1) is 26.7. The van der Waals surface area contributed by atoms with Crippen molar-refractivity contribution in [1.29, 1.82) is 0 Å². The fraction of sp³-hybridized carbons (Fsp3) is 0.444. The maximum absolute atomic E-state index is 13.6. The number of aryl methyl sites for hydroxylation is 1. The van der Waals surface area contributed by atoms with Gasteiger partial charge in [0.2, 0.25) is 11.8 Å². The van der Waals surface area contributed by atoms with Crippen LogP contribution in [0, 0.1) is 12.8 Å². The second-order valence-electron chi connectivity index (χ2n) is 9.83. The van der Waals surface area contributed by atoms with Crippen LogP contribution >= 0.6 is 11.3 Å². The summed E-state index contributed by atoms with van der Waals surface area (Å²) in [5.74, 6) is -1.11. The number of likely N-dealkylation sites (tertiary alicyclic amines) is 1. The Morgan fingerprint density at radius 2 is 2.00 bits per heavy atom. The van der Waals surface area contributed by atoms with Gasteiger partial charge in [0.05, 0.1) is 33.9 Å². The highest BCUT2D eigenvalue weighted by molar-refractivity contribution is 7.13. The van der Waals surface area contributed by atoms with Crippen LogP contribution in [0.5, 0.6) is 0 Å². The third-order valence-electron chi connectivity index (χ3n) is 6.75. The number of hydrogen-bond donors (Lipinski definition) is 2. The van der Waals surface area contributed by atoms with Crippen molar-refractivity contribution in [3.05, 3.63) is 58.6 Å². The summed E-state index contributed by atoms with van der Waals surface area (Å²) >= 11 is 1.59. The van der Waals surface area contributed by atoms with Crippen molar-refractivity contribution in [2.75, 3.05) is 6.54 Å². The molecule has 2 amide bonds. The number of thiazole rings is 1. The van der Waals surface area contributed by atoms with Gasteiger partial charge in [-0.1, -0.05) is 43.3 Å². The second kappa shape index (κ2) is 11.4. The number of nitrogens with zero attached hydrogens (tertiary/aromatic N) is 3. The molecule has 0 bridgehead atoms. The Balaban J connectivity index is 1.47. The van der Waals surface area contributed by atoms with Gasteiger partial charge in [0.1, 0.15) is 24.0 Å². The number of nitrogens with one attached hydrogen (secondary N) is 1. The maximum atomic E-state index is 13.6. The van der Waals surface area contributed by atoms with Crippen molar-refractivity contribution in [2.24, 2.45) is 5.92 Å². The molecule has 0 saturated carbocycles. The standard InChI is InChI=1S/C27H32N4O5S/c1-15(2)24(23-11-20(9-10-32)30-36-23)27(35)31-13-21(33)12-22(31)26(34)29-16(3)18-5-7-19(8-6-18)25-17(4)28-14-37-25/h5-8,10-11,14-16,21-22,24,33H,9,12-13H2,1-4H3,(H,29,34)/t16-,21+,22-,24+/m0/s1. The molecule has 0 spiro atoms. The van der Waals surface area contributed by atoms with Gasteiger partial charge in [-0.25, -0.2) is 4.98 Å². The molecule has 1 aliphatic rings. The quantitative estimate of drug-likeness (QED) is 0.411. The van der Waals surface area contributed by atoms with Gasteiger partial charge in [-0.15, -0.1) is 11.3 Å². The summed E-state index contributed by atoms with van der Waals surface area (Å²) in [7, 11) is 0. The van der Waals surface area contributed by atoms with Gasteiger partial charge in [0.25, 0.3) is 0 Å². The van der Waals surface area contributed by atoms with E-state index in [1.807, 2.05) is 57.5 Å². The maximum Gasteiger partial charge on any atom is 0.243 e. The van der Waals surface area contributed by atoms with Gasteiger partial charge in [-0.05, 0) is 30.9 Å². The number of aldehydes is 1. The molecule has 4 atom stereocenters. The van der Waals surface area contributed by atoms with Crippen molar-refractivity contribution in [3.63, 3.8) is 0 Å². The van der Waals surface area contributed by atoms with Crippen LogP contribution in [-0.4, -0.2) is 56.9 Å². The number of benzene rings is 1. The monoisotopic (exact) mass is 524 g/mol. The summed E-state index contributed by atoms with van der Waals surface area (Å²) in [6, 6.07) is 8.48. The molecule has 4 rings (SSSR count). The van der Waals surface area contributed by atoms with Crippen LogP contribution in [0.25, 0.3) is 10.4 Å². The molecule has 0 aliphatic carbocycles. The largest absolute Gasteiger partial charge is 0.391 e. The number of rotatable bonds is 9. The van der Waals surface area contributed by atoms with Crippen molar-refractivity contribution in [1.82, 2.24) is 20.4 Å². The summed E-state index contributed by atoms with van der Waals surface area (Å²) in [6.45, 7) is 7.69. The van der Waals surface area contributed by atoms with Gasteiger partial charge >= 0.3 is 0 Å². The lowest BCUT2D eigenvalue weighted by molar-refractivity contribution is -0.141. The number of amides is 2. The SMILES string of the molecule is Cc1ncsc1-c1ccc([C@H](C)NC(=O)[C@@H]2C[C@@H](O)CN2C(=O)[C@@H](c2cc(CC=O)no2)C(C)C)cc1. The number of aliphatic hydroxyl groups is 1. The minimum atomic E-state index is -0.803.